The molecule has 0 radical (unpaired) electrons. The molecule has 0 spiro atoms. The SMILES string of the molecule is CCc1cc(C(=O)NC2CN3CCC2CC3)n2ccccc12. The minimum absolute atomic E-state index is 0.0691. The van der Waals surface area contributed by atoms with E-state index in [2.05, 4.69) is 23.2 Å². The minimum atomic E-state index is 0.0691. The normalized spacial score (nSPS) is 27.2. The molecule has 3 saturated heterocycles. The first kappa shape index (κ1) is 13.8. The van der Waals surface area contributed by atoms with Gasteiger partial charge >= 0.3 is 0 Å². The first-order chi connectivity index (χ1) is 10.8. The lowest BCUT2D eigenvalue weighted by Crippen LogP contribution is -2.57. The van der Waals surface area contributed by atoms with Gasteiger partial charge in [-0.3, -0.25) is 4.79 Å². The Morgan fingerprint density at radius 3 is 2.82 bits per heavy atom. The van der Waals surface area contributed by atoms with Gasteiger partial charge in [0, 0.05) is 24.3 Å². The van der Waals surface area contributed by atoms with Gasteiger partial charge in [0.05, 0.1) is 0 Å². The van der Waals surface area contributed by atoms with E-state index in [1.165, 1.54) is 31.5 Å². The number of hydrogen-bond acceptors (Lipinski definition) is 2. The summed E-state index contributed by atoms with van der Waals surface area (Å²) in [6, 6.07) is 8.46. The first-order valence-corrected chi connectivity index (χ1v) is 8.38. The van der Waals surface area contributed by atoms with E-state index in [0.29, 0.717) is 12.0 Å². The molecular formula is C18H23N3O. The second kappa shape index (κ2) is 5.43. The molecule has 4 heteroatoms. The van der Waals surface area contributed by atoms with Gasteiger partial charge in [-0.2, -0.15) is 0 Å². The number of hydrogen-bond donors (Lipinski definition) is 1. The maximum absolute atomic E-state index is 12.8. The zero-order chi connectivity index (χ0) is 15.1. The predicted octanol–water partition coefficient (Wildman–Crippen LogP) is 2.33. The van der Waals surface area contributed by atoms with E-state index in [1.807, 2.05) is 28.8 Å². The van der Waals surface area contributed by atoms with Crippen LogP contribution in [0.4, 0.5) is 0 Å². The largest absolute Gasteiger partial charge is 0.346 e. The van der Waals surface area contributed by atoms with Crippen LogP contribution in [0.3, 0.4) is 0 Å². The number of amides is 1. The lowest BCUT2D eigenvalue weighted by atomic mass is 9.84. The van der Waals surface area contributed by atoms with E-state index < -0.39 is 0 Å². The van der Waals surface area contributed by atoms with E-state index in [0.717, 1.165) is 24.2 Å². The van der Waals surface area contributed by atoms with E-state index >= 15 is 0 Å². The molecule has 1 atom stereocenters. The van der Waals surface area contributed by atoms with Gasteiger partial charge in [0.15, 0.2) is 0 Å². The highest BCUT2D eigenvalue weighted by molar-refractivity contribution is 5.95. The summed E-state index contributed by atoms with van der Waals surface area (Å²) >= 11 is 0. The highest BCUT2D eigenvalue weighted by Crippen LogP contribution is 2.28. The highest BCUT2D eigenvalue weighted by Gasteiger charge is 2.35. The van der Waals surface area contributed by atoms with Crippen molar-refractivity contribution in [2.24, 2.45) is 5.92 Å². The third-order valence-electron chi connectivity index (χ3n) is 5.35. The van der Waals surface area contributed by atoms with Crippen LogP contribution in [0.2, 0.25) is 0 Å². The molecule has 3 fully saturated rings. The Hall–Kier alpha value is -1.81. The maximum atomic E-state index is 12.8. The van der Waals surface area contributed by atoms with Crippen LogP contribution in [0.25, 0.3) is 5.52 Å². The van der Waals surface area contributed by atoms with Crippen molar-refractivity contribution in [3.8, 4) is 0 Å². The van der Waals surface area contributed by atoms with Crippen molar-refractivity contribution in [1.82, 2.24) is 14.6 Å². The number of carbonyl (C=O) groups is 1. The Morgan fingerprint density at radius 2 is 2.14 bits per heavy atom. The van der Waals surface area contributed by atoms with Gasteiger partial charge in [-0.05, 0) is 62.0 Å². The number of nitrogens with zero attached hydrogens (tertiary/aromatic N) is 2. The molecule has 2 aromatic rings. The molecule has 0 saturated carbocycles. The number of nitrogens with one attached hydrogen (secondary N) is 1. The molecule has 0 aromatic carbocycles. The fraction of sp³-hybridized carbons (Fsp3) is 0.500. The van der Waals surface area contributed by atoms with Gasteiger partial charge in [0.1, 0.15) is 5.69 Å². The summed E-state index contributed by atoms with van der Waals surface area (Å²) in [5, 5.41) is 3.29. The number of pyridine rings is 1. The molecule has 22 heavy (non-hydrogen) atoms. The van der Waals surface area contributed by atoms with E-state index in [1.54, 1.807) is 0 Å². The van der Waals surface area contributed by atoms with Gasteiger partial charge in [-0.25, -0.2) is 0 Å². The van der Waals surface area contributed by atoms with E-state index in [4.69, 9.17) is 0 Å². The zero-order valence-corrected chi connectivity index (χ0v) is 13.1. The van der Waals surface area contributed by atoms with Gasteiger partial charge < -0.3 is 14.6 Å². The molecule has 2 aromatic heterocycles. The molecule has 1 N–H and O–H groups in total. The quantitative estimate of drug-likeness (QED) is 0.944. The Balaban J connectivity index is 1.60. The number of fused-ring (bicyclic) bond motifs is 4. The van der Waals surface area contributed by atoms with Crippen molar-refractivity contribution in [2.75, 3.05) is 19.6 Å². The van der Waals surface area contributed by atoms with Crippen LogP contribution in [0, 0.1) is 5.92 Å². The Kier molecular flexibility index (Phi) is 3.41. The maximum Gasteiger partial charge on any atom is 0.268 e. The third kappa shape index (κ3) is 2.22. The van der Waals surface area contributed by atoms with Crippen molar-refractivity contribution >= 4 is 11.4 Å². The monoisotopic (exact) mass is 297 g/mol. The van der Waals surface area contributed by atoms with E-state index in [-0.39, 0.29) is 5.91 Å². The van der Waals surface area contributed by atoms with Gasteiger partial charge in [-0.1, -0.05) is 13.0 Å². The fourth-order valence-electron chi connectivity index (χ4n) is 4.05. The Bertz CT molecular complexity index is 697. The van der Waals surface area contributed by atoms with Crippen LogP contribution in [0.1, 0.15) is 35.8 Å². The predicted molar refractivity (Wildman–Crippen MR) is 87.2 cm³/mol. The molecule has 3 aliphatic rings. The number of piperidine rings is 3. The summed E-state index contributed by atoms with van der Waals surface area (Å²) in [5.41, 5.74) is 3.15. The van der Waals surface area contributed by atoms with Crippen LogP contribution in [-0.4, -0.2) is 40.9 Å². The topological polar surface area (TPSA) is 36.8 Å². The summed E-state index contributed by atoms with van der Waals surface area (Å²) in [7, 11) is 0. The molecular weight excluding hydrogens is 274 g/mol. The standard InChI is InChI=1S/C18H23N3O/c1-2-13-11-17(21-8-4-3-5-16(13)21)18(22)19-15-12-20-9-6-14(15)7-10-20/h3-5,8,11,14-15H,2,6-7,9-10,12H2,1H3,(H,19,22). The van der Waals surface area contributed by atoms with Crippen molar-refractivity contribution < 1.29 is 4.79 Å². The summed E-state index contributed by atoms with van der Waals surface area (Å²) in [6.07, 6.45) is 5.38. The molecule has 1 unspecified atom stereocenters. The molecule has 116 valence electrons. The van der Waals surface area contributed by atoms with Crippen molar-refractivity contribution in [3.05, 3.63) is 41.7 Å². The van der Waals surface area contributed by atoms with Crippen molar-refractivity contribution in [1.29, 1.82) is 0 Å². The molecule has 3 aliphatic heterocycles. The smallest absolute Gasteiger partial charge is 0.268 e. The number of aromatic nitrogens is 1. The van der Waals surface area contributed by atoms with Crippen molar-refractivity contribution in [3.63, 3.8) is 0 Å². The third-order valence-corrected chi connectivity index (χ3v) is 5.35. The summed E-state index contributed by atoms with van der Waals surface area (Å²) in [5.74, 6) is 0.727. The Morgan fingerprint density at radius 1 is 1.32 bits per heavy atom. The average molecular weight is 297 g/mol. The minimum Gasteiger partial charge on any atom is -0.346 e. The molecule has 5 rings (SSSR count). The number of aryl methyl sites for hydroxylation is 1. The Labute approximate surface area is 131 Å². The van der Waals surface area contributed by atoms with Gasteiger partial charge in [0.25, 0.3) is 5.91 Å². The zero-order valence-electron chi connectivity index (χ0n) is 13.1. The molecule has 4 nitrogen and oxygen atoms in total. The summed E-state index contributed by atoms with van der Waals surface area (Å²) < 4.78 is 2.02. The van der Waals surface area contributed by atoms with Crippen LogP contribution in [0.15, 0.2) is 30.5 Å². The van der Waals surface area contributed by atoms with Crippen LogP contribution < -0.4 is 5.32 Å². The molecule has 2 bridgehead atoms. The molecule has 0 aliphatic carbocycles. The van der Waals surface area contributed by atoms with Crippen LogP contribution in [-0.2, 0) is 6.42 Å². The number of rotatable bonds is 3. The van der Waals surface area contributed by atoms with E-state index in [9.17, 15) is 4.79 Å². The first-order valence-electron chi connectivity index (χ1n) is 8.38. The molecule has 5 heterocycles. The molecule has 1 amide bonds. The summed E-state index contributed by atoms with van der Waals surface area (Å²) in [6.45, 7) is 5.55. The second-order valence-corrected chi connectivity index (χ2v) is 6.58. The number of carbonyl (C=O) groups excluding carboxylic acids is 1. The second-order valence-electron chi connectivity index (χ2n) is 6.58. The van der Waals surface area contributed by atoms with Crippen molar-refractivity contribution in [2.45, 2.75) is 32.2 Å². The van der Waals surface area contributed by atoms with Crippen LogP contribution >= 0.6 is 0 Å². The van der Waals surface area contributed by atoms with Gasteiger partial charge in [0.2, 0.25) is 0 Å². The van der Waals surface area contributed by atoms with Gasteiger partial charge in [-0.15, -0.1) is 0 Å². The van der Waals surface area contributed by atoms with Crippen LogP contribution in [0.5, 0.6) is 0 Å². The lowest BCUT2D eigenvalue weighted by Gasteiger charge is -2.44. The lowest BCUT2D eigenvalue weighted by molar-refractivity contribution is 0.0617. The fourth-order valence-corrected chi connectivity index (χ4v) is 4.05. The summed E-state index contributed by atoms with van der Waals surface area (Å²) in [4.78, 5) is 15.3. The highest BCUT2D eigenvalue weighted by atomic mass is 16.2. The average Bonchev–Trinajstić information content (AvgIpc) is 2.95.